The number of rotatable bonds is 13. The van der Waals surface area contributed by atoms with Crippen LogP contribution in [-0.2, 0) is 16.0 Å². The van der Waals surface area contributed by atoms with E-state index in [-0.39, 0.29) is 12.5 Å². The van der Waals surface area contributed by atoms with Gasteiger partial charge in [0.05, 0.1) is 6.61 Å². The maximum absolute atomic E-state index is 14.3. The Balaban J connectivity index is 1.48. The number of amides is 1. The molecule has 0 saturated heterocycles. The molecule has 0 saturated carbocycles. The smallest absolute Gasteiger partial charge is 0.252 e. The monoisotopic (exact) mass is 652 g/mol. The van der Waals surface area contributed by atoms with Gasteiger partial charge in [0.15, 0.2) is 11.6 Å². The van der Waals surface area contributed by atoms with Gasteiger partial charge in [0, 0.05) is 36.0 Å². The van der Waals surface area contributed by atoms with Crippen molar-refractivity contribution >= 4 is 33.8 Å². The number of nitrogens with one attached hydrogen (secondary N) is 1. The SMILES string of the molecule is Cc1ccc(CCNC(=O)[C@]2(C/C=C/c3ccccc3)N=C(c3ccc(OCCCO)cc3)O[C@@H]2c2ccc(Br)cc2)cc1. The van der Waals surface area contributed by atoms with Gasteiger partial charge in [-0.15, -0.1) is 0 Å². The highest BCUT2D eigenvalue weighted by Crippen LogP contribution is 2.43. The number of aryl methyl sites for hydroxylation is 1. The minimum Gasteiger partial charge on any atom is -0.494 e. The Labute approximate surface area is 267 Å². The van der Waals surface area contributed by atoms with E-state index in [1.807, 2.05) is 91.0 Å². The first-order chi connectivity index (χ1) is 21.5. The van der Waals surface area contributed by atoms with Crippen molar-refractivity contribution in [3.05, 3.63) is 141 Å². The number of carbonyl (C=O) groups is 1. The third kappa shape index (κ3) is 7.84. The summed E-state index contributed by atoms with van der Waals surface area (Å²) in [4.78, 5) is 19.4. The van der Waals surface area contributed by atoms with Crippen molar-refractivity contribution in [1.29, 1.82) is 0 Å². The Morgan fingerprint density at radius 2 is 1.73 bits per heavy atom. The summed E-state index contributed by atoms with van der Waals surface area (Å²) < 4.78 is 13.2. The quantitative estimate of drug-likeness (QED) is 0.149. The van der Waals surface area contributed by atoms with Gasteiger partial charge in [-0.3, -0.25) is 4.79 Å². The zero-order valence-electron chi connectivity index (χ0n) is 24.8. The molecule has 0 aliphatic carbocycles. The fraction of sp³-hybridized carbons (Fsp3) is 0.243. The van der Waals surface area contributed by atoms with E-state index in [9.17, 15) is 4.79 Å². The Morgan fingerprint density at radius 3 is 2.43 bits per heavy atom. The first-order valence-electron chi connectivity index (χ1n) is 14.9. The third-order valence-corrected chi connectivity index (χ3v) is 8.09. The standard InChI is InChI=1S/C37H37BrN2O4/c1-27-10-12-29(13-11-27)22-24-39-36(42)37(23-5-9-28-7-3-2-4-8-28)34(30-14-18-32(38)19-15-30)44-35(40-37)31-16-20-33(21-17-31)43-26-6-25-41/h2-5,7-21,34,41H,6,22-26H2,1H3,(H,39,42)/b9-5+/t34-,37-/m1/s1. The number of aliphatic hydroxyl groups excluding tert-OH is 1. The molecule has 1 aliphatic heterocycles. The molecule has 1 amide bonds. The van der Waals surface area contributed by atoms with Crippen molar-refractivity contribution in [2.24, 2.45) is 4.99 Å². The van der Waals surface area contributed by atoms with Crippen LogP contribution in [0.3, 0.4) is 0 Å². The fourth-order valence-electron chi connectivity index (χ4n) is 5.12. The molecule has 6 nitrogen and oxygen atoms in total. The predicted molar refractivity (Wildman–Crippen MR) is 179 cm³/mol. The average Bonchev–Trinajstić information content (AvgIpc) is 3.44. The minimum absolute atomic E-state index is 0.0774. The fourth-order valence-corrected chi connectivity index (χ4v) is 5.38. The Hall–Kier alpha value is -4.20. The maximum Gasteiger partial charge on any atom is 0.252 e. The second-order valence-electron chi connectivity index (χ2n) is 10.8. The van der Waals surface area contributed by atoms with E-state index in [4.69, 9.17) is 19.6 Å². The van der Waals surface area contributed by atoms with Gasteiger partial charge in [-0.05, 0) is 66.4 Å². The number of nitrogens with zero attached hydrogens (tertiary/aromatic N) is 1. The van der Waals surface area contributed by atoms with E-state index >= 15 is 0 Å². The molecule has 0 radical (unpaired) electrons. The number of hydrogen-bond donors (Lipinski definition) is 2. The molecule has 0 bridgehead atoms. The lowest BCUT2D eigenvalue weighted by Gasteiger charge is -2.30. The number of carbonyl (C=O) groups excluding carboxylic acids is 1. The number of hydrogen-bond acceptors (Lipinski definition) is 5. The lowest BCUT2D eigenvalue weighted by Crippen LogP contribution is -2.48. The molecule has 1 aliphatic rings. The summed E-state index contributed by atoms with van der Waals surface area (Å²) in [5.41, 5.74) is 3.78. The molecule has 0 spiro atoms. The van der Waals surface area contributed by atoms with E-state index < -0.39 is 11.6 Å². The van der Waals surface area contributed by atoms with Gasteiger partial charge in [0.1, 0.15) is 5.75 Å². The van der Waals surface area contributed by atoms with Crippen LogP contribution in [0, 0.1) is 6.92 Å². The van der Waals surface area contributed by atoms with Crippen molar-refractivity contribution in [3.8, 4) is 5.75 Å². The van der Waals surface area contributed by atoms with Crippen LogP contribution in [0.25, 0.3) is 6.08 Å². The van der Waals surface area contributed by atoms with Crippen LogP contribution in [0.1, 0.15) is 46.8 Å². The molecule has 226 valence electrons. The largest absolute Gasteiger partial charge is 0.494 e. The number of benzene rings is 4. The van der Waals surface area contributed by atoms with E-state index in [0.29, 0.717) is 44.1 Å². The van der Waals surface area contributed by atoms with Gasteiger partial charge in [-0.1, -0.05) is 100 Å². The second-order valence-corrected chi connectivity index (χ2v) is 11.8. The normalized spacial score (nSPS) is 17.7. The van der Waals surface area contributed by atoms with Crippen LogP contribution in [-0.4, -0.2) is 42.2 Å². The molecule has 0 aromatic heterocycles. The zero-order chi connectivity index (χ0) is 30.8. The summed E-state index contributed by atoms with van der Waals surface area (Å²) in [5.74, 6) is 0.909. The molecule has 2 atom stereocenters. The van der Waals surface area contributed by atoms with E-state index in [2.05, 4.69) is 52.4 Å². The number of aliphatic hydroxyl groups is 1. The van der Waals surface area contributed by atoms with Crippen molar-refractivity contribution in [3.63, 3.8) is 0 Å². The zero-order valence-corrected chi connectivity index (χ0v) is 26.4. The van der Waals surface area contributed by atoms with E-state index in [0.717, 1.165) is 26.7 Å². The minimum atomic E-state index is -1.24. The van der Waals surface area contributed by atoms with Crippen LogP contribution in [0.4, 0.5) is 0 Å². The lowest BCUT2D eigenvalue weighted by atomic mass is 9.84. The van der Waals surface area contributed by atoms with E-state index in [1.54, 1.807) is 0 Å². The lowest BCUT2D eigenvalue weighted by molar-refractivity contribution is -0.128. The van der Waals surface area contributed by atoms with Gasteiger partial charge in [-0.2, -0.15) is 0 Å². The summed E-state index contributed by atoms with van der Waals surface area (Å²) >= 11 is 3.53. The summed E-state index contributed by atoms with van der Waals surface area (Å²) in [5, 5.41) is 12.2. The molecule has 4 aromatic carbocycles. The van der Waals surface area contributed by atoms with Gasteiger partial charge in [0.2, 0.25) is 5.90 Å². The molecular formula is C37H37BrN2O4. The van der Waals surface area contributed by atoms with Crippen LogP contribution in [0.5, 0.6) is 5.75 Å². The predicted octanol–water partition coefficient (Wildman–Crippen LogP) is 7.24. The summed E-state index contributed by atoms with van der Waals surface area (Å²) in [6, 6.07) is 33.7. The number of ether oxygens (including phenoxy) is 2. The second kappa shape index (κ2) is 15.0. The van der Waals surface area contributed by atoms with Crippen molar-refractivity contribution in [2.45, 2.75) is 37.8 Å². The summed E-state index contributed by atoms with van der Waals surface area (Å²) in [7, 11) is 0. The van der Waals surface area contributed by atoms with Crippen LogP contribution in [0.15, 0.2) is 119 Å². The maximum atomic E-state index is 14.3. The molecular weight excluding hydrogens is 616 g/mol. The Morgan fingerprint density at radius 1 is 1.00 bits per heavy atom. The van der Waals surface area contributed by atoms with Crippen LogP contribution >= 0.6 is 15.9 Å². The molecule has 0 fully saturated rings. The van der Waals surface area contributed by atoms with Gasteiger partial charge >= 0.3 is 0 Å². The van der Waals surface area contributed by atoms with Crippen LogP contribution < -0.4 is 10.1 Å². The van der Waals surface area contributed by atoms with Crippen molar-refractivity contribution in [2.75, 3.05) is 19.8 Å². The van der Waals surface area contributed by atoms with Crippen molar-refractivity contribution in [1.82, 2.24) is 5.32 Å². The molecule has 1 heterocycles. The highest BCUT2D eigenvalue weighted by molar-refractivity contribution is 9.10. The molecule has 5 rings (SSSR count). The molecule has 2 N–H and O–H groups in total. The first-order valence-corrected chi connectivity index (χ1v) is 15.7. The molecule has 0 unspecified atom stereocenters. The summed E-state index contributed by atoms with van der Waals surface area (Å²) in [6.45, 7) is 3.05. The average molecular weight is 654 g/mol. The van der Waals surface area contributed by atoms with Gasteiger partial charge in [0.25, 0.3) is 5.91 Å². The highest BCUT2D eigenvalue weighted by atomic mass is 79.9. The topological polar surface area (TPSA) is 80.2 Å². The molecule has 4 aromatic rings. The Kier molecular flexibility index (Phi) is 10.6. The van der Waals surface area contributed by atoms with Gasteiger partial charge < -0.3 is 19.9 Å². The number of halogens is 1. The first kappa shape index (κ1) is 31.2. The van der Waals surface area contributed by atoms with Crippen LogP contribution in [0.2, 0.25) is 0 Å². The summed E-state index contributed by atoms with van der Waals surface area (Å²) in [6.07, 6.45) is 4.99. The van der Waals surface area contributed by atoms with Crippen molar-refractivity contribution < 1.29 is 19.4 Å². The van der Waals surface area contributed by atoms with E-state index in [1.165, 1.54) is 5.56 Å². The molecule has 44 heavy (non-hydrogen) atoms. The Bertz CT molecular complexity index is 1570. The van der Waals surface area contributed by atoms with Gasteiger partial charge in [-0.25, -0.2) is 4.99 Å². The molecule has 7 heteroatoms. The highest BCUT2D eigenvalue weighted by Gasteiger charge is 2.52. The third-order valence-electron chi connectivity index (χ3n) is 7.56. The number of aliphatic imine (C=N–C) groups is 1.